The second-order valence-electron chi connectivity index (χ2n) is 5.20. The molecule has 21 heavy (non-hydrogen) atoms. The maximum atomic E-state index is 12.3. The van der Waals surface area contributed by atoms with Gasteiger partial charge >= 0.3 is 5.97 Å². The van der Waals surface area contributed by atoms with Crippen LogP contribution in [0.3, 0.4) is 0 Å². The molecule has 2 heterocycles. The largest absolute Gasteiger partial charge is 0.477 e. The van der Waals surface area contributed by atoms with Crippen LogP contribution in [0.25, 0.3) is 0 Å². The van der Waals surface area contributed by atoms with Gasteiger partial charge in [-0.3, -0.25) is 9.59 Å². The van der Waals surface area contributed by atoms with Crippen molar-refractivity contribution in [2.24, 2.45) is 5.92 Å². The van der Waals surface area contributed by atoms with Gasteiger partial charge in [0.15, 0.2) is 11.4 Å². The van der Waals surface area contributed by atoms with Gasteiger partial charge in [-0.15, -0.1) is 0 Å². The number of aromatic nitrogens is 2. The fraction of sp³-hybridized carbons (Fsp3) is 0.538. The van der Waals surface area contributed by atoms with E-state index in [4.69, 9.17) is 5.11 Å². The lowest BCUT2D eigenvalue weighted by atomic mass is 10.1. The number of H-pyrrole nitrogens is 1. The number of piperazine rings is 1. The third-order valence-corrected chi connectivity index (χ3v) is 3.43. The van der Waals surface area contributed by atoms with Crippen molar-refractivity contribution in [1.82, 2.24) is 19.8 Å². The number of nitrogens with one attached hydrogen (secondary N) is 1. The maximum absolute atomic E-state index is 12.3. The van der Waals surface area contributed by atoms with E-state index in [1.807, 2.05) is 13.8 Å². The van der Waals surface area contributed by atoms with E-state index in [1.54, 1.807) is 4.90 Å². The molecule has 0 spiro atoms. The average Bonchev–Trinajstić information content (AvgIpc) is 2.95. The minimum Gasteiger partial charge on any atom is -0.477 e. The van der Waals surface area contributed by atoms with Crippen LogP contribution in [0.15, 0.2) is 6.33 Å². The Hall–Kier alpha value is -2.38. The minimum atomic E-state index is -1.22. The van der Waals surface area contributed by atoms with Crippen molar-refractivity contribution in [1.29, 1.82) is 0 Å². The number of rotatable bonds is 3. The molecule has 2 amide bonds. The molecule has 1 aliphatic heterocycles. The van der Waals surface area contributed by atoms with Gasteiger partial charge in [-0.25, -0.2) is 9.78 Å². The molecule has 1 aliphatic rings. The molecule has 8 heteroatoms. The Bertz CT molecular complexity index is 558. The number of aromatic amines is 1. The summed E-state index contributed by atoms with van der Waals surface area (Å²) in [6.07, 6.45) is 1.19. The lowest BCUT2D eigenvalue weighted by molar-refractivity contribution is -0.135. The molecule has 2 N–H and O–H groups in total. The van der Waals surface area contributed by atoms with Crippen LogP contribution in [0.5, 0.6) is 0 Å². The van der Waals surface area contributed by atoms with Gasteiger partial charge in [0, 0.05) is 32.1 Å². The van der Waals surface area contributed by atoms with Crippen molar-refractivity contribution >= 4 is 17.8 Å². The topological polar surface area (TPSA) is 107 Å². The Kier molecular flexibility index (Phi) is 4.25. The van der Waals surface area contributed by atoms with Gasteiger partial charge in [-0.2, -0.15) is 0 Å². The highest BCUT2D eigenvalue weighted by Gasteiger charge is 2.29. The first-order valence-electron chi connectivity index (χ1n) is 6.76. The summed E-state index contributed by atoms with van der Waals surface area (Å²) in [5, 5.41) is 8.98. The zero-order chi connectivity index (χ0) is 15.6. The predicted molar refractivity (Wildman–Crippen MR) is 72.9 cm³/mol. The van der Waals surface area contributed by atoms with Crippen LogP contribution in [0.4, 0.5) is 0 Å². The number of carboxylic acids is 1. The fourth-order valence-corrected chi connectivity index (χ4v) is 2.26. The number of carbonyl (C=O) groups excluding carboxylic acids is 2. The summed E-state index contributed by atoms with van der Waals surface area (Å²) in [6.45, 7) is 5.34. The van der Waals surface area contributed by atoms with Crippen LogP contribution >= 0.6 is 0 Å². The molecule has 1 aromatic rings. The van der Waals surface area contributed by atoms with E-state index in [2.05, 4.69) is 9.97 Å². The summed E-state index contributed by atoms with van der Waals surface area (Å²) < 4.78 is 0. The molecule has 0 aromatic carbocycles. The fourth-order valence-electron chi connectivity index (χ4n) is 2.26. The van der Waals surface area contributed by atoms with Gasteiger partial charge in [0.2, 0.25) is 5.91 Å². The standard InChI is InChI=1S/C13H18N4O4/c1-8(2)11(18)16-3-5-17(6-4-16)12(19)9-10(13(20)21)15-7-14-9/h7-8H,3-6H2,1-2H3,(H,14,15)(H,20,21). The molecule has 0 saturated carbocycles. The molecule has 2 rings (SSSR count). The molecule has 0 unspecified atom stereocenters. The van der Waals surface area contributed by atoms with Crippen LogP contribution in [-0.2, 0) is 4.79 Å². The summed E-state index contributed by atoms with van der Waals surface area (Å²) in [4.78, 5) is 44.6. The van der Waals surface area contributed by atoms with Gasteiger partial charge in [-0.1, -0.05) is 13.8 Å². The van der Waals surface area contributed by atoms with Gasteiger partial charge < -0.3 is 19.9 Å². The number of amides is 2. The summed E-state index contributed by atoms with van der Waals surface area (Å²) >= 11 is 0. The molecular weight excluding hydrogens is 276 g/mol. The SMILES string of the molecule is CC(C)C(=O)N1CCN(C(=O)c2nc[nH]c2C(=O)O)CC1. The van der Waals surface area contributed by atoms with E-state index >= 15 is 0 Å². The van der Waals surface area contributed by atoms with Crippen molar-refractivity contribution in [3.8, 4) is 0 Å². The van der Waals surface area contributed by atoms with Gasteiger partial charge in [0.25, 0.3) is 5.91 Å². The van der Waals surface area contributed by atoms with Crippen LogP contribution in [-0.4, -0.2) is 68.8 Å². The number of hydrogen-bond donors (Lipinski definition) is 2. The van der Waals surface area contributed by atoms with Crippen molar-refractivity contribution in [3.63, 3.8) is 0 Å². The highest BCUT2D eigenvalue weighted by Crippen LogP contribution is 2.12. The van der Waals surface area contributed by atoms with E-state index in [0.29, 0.717) is 26.2 Å². The lowest BCUT2D eigenvalue weighted by Gasteiger charge is -2.35. The Morgan fingerprint density at radius 1 is 1.19 bits per heavy atom. The number of aromatic carboxylic acids is 1. The van der Waals surface area contributed by atoms with Crippen LogP contribution in [0.1, 0.15) is 34.8 Å². The number of imidazole rings is 1. The molecule has 0 radical (unpaired) electrons. The Morgan fingerprint density at radius 2 is 1.76 bits per heavy atom. The normalized spacial score (nSPS) is 15.4. The molecule has 1 fully saturated rings. The van der Waals surface area contributed by atoms with Crippen LogP contribution in [0.2, 0.25) is 0 Å². The van der Waals surface area contributed by atoms with Crippen molar-refractivity contribution < 1.29 is 19.5 Å². The predicted octanol–water partition coefficient (Wildman–Crippen LogP) is 0.0483. The highest BCUT2D eigenvalue weighted by molar-refractivity contribution is 6.02. The molecule has 8 nitrogen and oxygen atoms in total. The quantitative estimate of drug-likeness (QED) is 0.819. The maximum Gasteiger partial charge on any atom is 0.354 e. The second-order valence-corrected chi connectivity index (χ2v) is 5.20. The lowest BCUT2D eigenvalue weighted by Crippen LogP contribution is -2.51. The second kappa shape index (κ2) is 5.94. The Labute approximate surface area is 121 Å². The van der Waals surface area contributed by atoms with Crippen LogP contribution in [0, 0.1) is 5.92 Å². The summed E-state index contributed by atoms with van der Waals surface area (Å²) in [7, 11) is 0. The van der Waals surface area contributed by atoms with Gasteiger partial charge in [0.1, 0.15) is 0 Å². The van der Waals surface area contributed by atoms with Crippen molar-refractivity contribution in [2.45, 2.75) is 13.8 Å². The molecule has 1 aromatic heterocycles. The summed E-state index contributed by atoms with van der Waals surface area (Å²) in [6, 6.07) is 0. The highest BCUT2D eigenvalue weighted by atomic mass is 16.4. The molecular formula is C13H18N4O4. The number of nitrogens with zero attached hydrogens (tertiary/aromatic N) is 3. The van der Waals surface area contributed by atoms with E-state index in [9.17, 15) is 14.4 Å². The first-order chi connectivity index (χ1) is 9.91. The molecule has 0 bridgehead atoms. The first kappa shape index (κ1) is 15.0. The van der Waals surface area contributed by atoms with Gasteiger partial charge in [0.05, 0.1) is 6.33 Å². The summed E-state index contributed by atoms with van der Waals surface area (Å²) in [5.41, 5.74) is -0.299. The number of carbonyl (C=O) groups is 3. The minimum absolute atomic E-state index is 0.0630. The van der Waals surface area contributed by atoms with Crippen molar-refractivity contribution in [2.75, 3.05) is 26.2 Å². The molecule has 0 atom stereocenters. The smallest absolute Gasteiger partial charge is 0.354 e. The Balaban J connectivity index is 2.02. The third kappa shape index (κ3) is 3.04. The van der Waals surface area contributed by atoms with E-state index < -0.39 is 11.9 Å². The molecule has 1 saturated heterocycles. The monoisotopic (exact) mass is 294 g/mol. The van der Waals surface area contributed by atoms with E-state index in [-0.39, 0.29) is 23.2 Å². The number of carboxylic acid groups (broad SMARTS) is 1. The zero-order valence-electron chi connectivity index (χ0n) is 12.0. The molecule has 0 aliphatic carbocycles. The summed E-state index contributed by atoms with van der Waals surface area (Å²) in [5.74, 6) is -1.65. The van der Waals surface area contributed by atoms with E-state index in [0.717, 1.165) is 0 Å². The number of hydrogen-bond acceptors (Lipinski definition) is 4. The average molecular weight is 294 g/mol. The van der Waals surface area contributed by atoms with Crippen LogP contribution < -0.4 is 0 Å². The zero-order valence-corrected chi connectivity index (χ0v) is 12.0. The van der Waals surface area contributed by atoms with Gasteiger partial charge in [-0.05, 0) is 0 Å². The first-order valence-corrected chi connectivity index (χ1v) is 6.76. The molecule has 114 valence electrons. The Morgan fingerprint density at radius 3 is 2.29 bits per heavy atom. The third-order valence-electron chi connectivity index (χ3n) is 3.43. The van der Waals surface area contributed by atoms with E-state index in [1.165, 1.54) is 11.2 Å². The van der Waals surface area contributed by atoms with Crippen molar-refractivity contribution in [3.05, 3.63) is 17.7 Å².